The van der Waals surface area contributed by atoms with E-state index < -0.39 is 0 Å². The van der Waals surface area contributed by atoms with Crippen LogP contribution in [0.5, 0.6) is 0 Å². The molecule has 1 aromatic heterocycles. The molecule has 1 aromatic carbocycles. The van der Waals surface area contributed by atoms with Crippen molar-refractivity contribution in [2.45, 2.75) is 51.6 Å². The monoisotopic (exact) mass is 412 g/mol. The minimum absolute atomic E-state index is 0.00911. The first-order valence-electron chi connectivity index (χ1n) is 10.5. The van der Waals surface area contributed by atoms with Gasteiger partial charge < -0.3 is 10.6 Å². The second-order valence-corrected chi connectivity index (χ2v) is 9.02. The first kappa shape index (κ1) is 20.0. The van der Waals surface area contributed by atoms with E-state index in [0.717, 1.165) is 57.4 Å². The molecule has 0 atom stereocenters. The van der Waals surface area contributed by atoms with Crippen molar-refractivity contribution in [1.82, 2.24) is 15.2 Å². The number of carbonyl (C=O) groups excluding carboxylic acids is 2. The van der Waals surface area contributed by atoms with Crippen LogP contribution >= 0.6 is 11.3 Å². The lowest BCUT2D eigenvalue weighted by molar-refractivity contribution is -0.128. The van der Waals surface area contributed by atoms with Crippen LogP contribution in [0, 0.1) is 5.92 Å². The Hall–Kier alpha value is -2.25. The lowest BCUT2D eigenvalue weighted by Crippen LogP contribution is -2.37. The molecule has 2 heterocycles. The van der Waals surface area contributed by atoms with E-state index in [2.05, 4.69) is 44.8 Å². The predicted molar refractivity (Wildman–Crippen MR) is 115 cm³/mol. The van der Waals surface area contributed by atoms with Gasteiger partial charge in [-0.05, 0) is 18.4 Å². The molecule has 29 heavy (non-hydrogen) atoms. The number of thiazole rings is 1. The van der Waals surface area contributed by atoms with Crippen LogP contribution < -0.4 is 10.6 Å². The highest BCUT2D eigenvalue weighted by molar-refractivity contribution is 7.15. The molecule has 1 aliphatic heterocycles. The second-order valence-electron chi connectivity index (χ2n) is 7.94. The van der Waals surface area contributed by atoms with E-state index in [1.165, 1.54) is 16.9 Å². The number of fused-ring (bicyclic) bond motifs is 1. The average molecular weight is 413 g/mol. The fraction of sp³-hybridized carbons (Fsp3) is 0.500. The van der Waals surface area contributed by atoms with E-state index in [4.69, 9.17) is 0 Å². The normalized spacial score (nSPS) is 17.5. The van der Waals surface area contributed by atoms with E-state index in [0.29, 0.717) is 5.13 Å². The molecule has 2 aliphatic rings. The summed E-state index contributed by atoms with van der Waals surface area (Å²) in [6, 6.07) is 10.5. The maximum absolute atomic E-state index is 12.2. The highest BCUT2D eigenvalue weighted by Gasteiger charge is 2.23. The Labute approximate surface area is 175 Å². The number of rotatable bonds is 6. The molecule has 7 heteroatoms. The third-order valence-corrected chi connectivity index (χ3v) is 6.70. The summed E-state index contributed by atoms with van der Waals surface area (Å²) in [7, 11) is 0. The van der Waals surface area contributed by atoms with E-state index >= 15 is 0 Å². The zero-order valence-electron chi connectivity index (χ0n) is 16.7. The highest BCUT2D eigenvalue weighted by atomic mass is 32.1. The molecule has 0 spiro atoms. The molecular formula is C22H28N4O2S. The molecule has 1 fully saturated rings. The molecular weight excluding hydrogens is 384 g/mol. The van der Waals surface area contributed by atoms with Crippen LogP contribution in [0.3, 0.4) is 0 Å². The smallest absolute Gasteiger partial charge is 0.245 e. The summed E-state index contributed by atoms with van der Waals surface area (Å²) in [5, 5.41) is 6.28. The Bertz CT molecular complexity index is 846. The van der Waals surface area contributed by atoms with Crippen LogP contribution in [-0.2, 0) is 29.1 Å². The number of hydrogen-bond donors (Lipinski definition) is 2. The van der Waals surface area contributed by atoms with Gasteiger partial charge in [0, 0.05) is 36.9 Å². The molecule has 0 bridgehead atoms. The number of amides is 2. The zero-order chi connectivity index (χ0) is 20.1. The van der Waals surface area contributed by atoms with Crippen LogP contribution in [-0.4, -0.2) is 34.8 Å². The fourth-order valence-corrected chi connectivity index (χ4v) is 5.19. The summed E-state index contributed by atoms with van der Waals surface area (Å²) in [6.07, 6.45) is 6.19. The highest BCUT2D eigenvalue weighted by Crippen LogP contribution is 2.29. The molecule has 0 saturated heterocycles. The van der Waals surface area contributed by atoms with Crippen molar-refractivity contribution in [1.29, 1.82) is 0 Å². The number of nitrogens with zero attached hydrogens (tertiary/aromatic N) is 2. The van der Waals surface area contributed by atoms with Crippen molar-refractivity contribution in [3.05, 3.63) is 46.5 Å². The number of hydrogen-bond acceptors (Lipinski definition) is 5. The van der Waals surface area contributed by atoms with E-state index in [1.54, 1.807) is 11.3 Å². The quantitative estimate of drug-likeness (QED) is 0.763. The molecule has 154 valence electrons. The molecule has 6 nitrogen and oxygen atoms in total. The van der Waals surface area contributed by atoms with E-state index in [9.17, 15) is 9.59 Å². The summed E-state index contributed by atoms with van der Waals surface area (Å²) in [6.45, 7) is 2.76. The molecule has 2 amide bonds. The van der Waals surface area contributed by atoms with Crippen molar-refractivity contribution in [2.75, 3.05) is 18.4 Å². The summed E-state index contributed by atoms with van der Waals surface area (Å²) >= 11 is 1.54. The van der Waals surface area contributed by atoms with Crippen LogP contribution in [0.25, 0.3) is 0 Å². The molecule has 1 aliphatic carbocycles. The first-order valence-corrected chi connectivity index (χ1v) is 11.3. The van der Waals surface area contributed by atoms with E-state index in [-0.39, 0.29) is 24.3 Å². The Balaban J connectivity index is 1.26. The van der Waals surface area contributed by atoms with Gasteiger partial charge in [0.25, 0.3) is 0 Å². The van der Waals surface area contributed by atoms with Crippen LogP contribution in [0.1, 0.15) is 48.2 Å². The Morgan fingerprint density at radius 2 is 1.93 bits per heavy atom. The third-order valence-electron chi connectivity index (χ3n) is 5.70. The summed E-state index contributed by atoms with van der Waals surface area (Å²) in [4.78, 5) is 32.7. The maximum Gasteiger partial charge on any atom is 0.245 e. The fourth-order valence-electron chi connectivity index (χ4n) is 4.12. The van der Waals surface area contributed by atoms with Crippen LogP contribution in [0.15, 0.2) is 30.3 Å². The van der Waals surface area contributed by atoms with Gasteiger partial charge in [-0.1, -0.05) is 49.6 Å². The number of anilines is 1. The van der Waals surface area contributed by atoms with Crippen LogP contribution in [0.2, 0.25) is 0 Å². The molecule has 4 rings (SSSR count). The van der Waals surface area contributed by atoms with Crippen molar-refractivity contribution >= 4 is 28.3 Å². The van der Waals surface area contributed by atoms with Crippen molar-refractivity contribution < 1.29 is 9.59 Å². The summed E-state index contributed by atoms with van der Waals surface area (Å²) in [5.74, 6) is -0.129. The number of carbonyl (C=O) groups is 2. The third kappa shape index (κ3) is 5.42. The number of aromatic nitrogens is 1. The van der Waals surface area contributed by atoms with E-state index in [1.807, 2.05) is 6.07 Å². The van der Waals surface area contributed by atoms with Crippen molar-refractivity contribution in [3.8, 4) is 0 Å². The second kappa shape index (κ2) is 9.50. The Morgan fingerprint density at radius 1 is 1.14 bits per heavy atom. The summed E-state index contributed by atoms with van der Waals surface area (Å²) < 4.78 is 0. The minimum atomic E-state index is -0.207. The van der Waals surface area contributed by atoms with Crippen molar-refractivity contribution in [3.63, 3.8) is 0 Å². The van der Waals surface area contributed by atoms with Gasteiger partial charge in [0.05, 0.1) is 12.2 Å². The Kier molecular flexibility index (Phi) is 6.56. The topological polar surface area (TPSA) is 74.3 Å². The molecule has 1 saturated carbocycles. The lowest BCUT2D eigenvalue weighted by Gasteiger charge is -2.25. The molecule has 2 aromatic rings. The predicted octanol–water partition coefficient (Wildman–Crippen LogP) is 3.34. The van der Waals surface area contributed by atoms with Gasteiger partial charge >= 0.3 is 0 Å². The minimum Gasteiger partial charge on any atom is -0.347 e. The SMILES string of the molecule is O=C(CNC(=O)C1CCCCC1)Nc1nc2c(s1)CN(Cc1ccccc1)CC2. The largest absolute Gasteiger partial charge is 0.347 e. The van der Waals surface area contributed by atoms with Gasteiger partial charge in [0.15, 0.2) is 5.13 Å². The van der Waals surface area contributed by atoms with Gasteiger partial charge in [-0.2, -0.15) is 0 Å². The number of benzene rings is 1. The van der Waals surface area contributed by atoms with Gasteiger partial charge in [0.2, 0.25) is 11.8 Å². The van der Waals surface area contributed by atoms with Gasteiger partial charge in [0.1, 0.15) is 0 Å². The number of nitrogens with one attached hydrogen (secondary N) is 2. The summed E-state index contributed by atoms with van der Waals surface area (Å²) in [5.41, 5.74) is 2.39. The Morgan fingerprint density at radius 3 is 2.72 bits per heavy atom. The van der Waals surface area contributed by atoms with Gasteiger partial charge in [-0.15, -0.1) is 11.3 Å². The zero-order valence-corrected chi connectivity index (χ0v) is 17.5. The lowest BCUT2D eigenvalue weighted by atomic mass is 9.89. The van der Waals surface area contributed by atoms with Crippen molar-refractivity contribution in [2.24, 2.45) is 5.92 Å². The molecule has 0 radical (unpaired) electrons. The maximum atomic E-state index is 12.2. The van der Waals surface area contributed by atoms with Gasteiger partial charge in [-0.3, -0.25) is 14.5 Å². The van der Waals surface area contributed by atoms with Gasteiger partial charge in [-0.25, -0.2) is 4.98 Å². The standard InChI is InChI=1S/C22H28N4O2S/c27-20(13-23-21(28)17-9-5-2-6-10-17)25-22-24-18-11-12-26(15-19(18)29-22)14-16-7-3-1-4-8-16/h1,3-4,7-8,17H,2,5-6,9-15H2,(H,23,28)(H,24,25,27). The van der Waals surface area contributed by atoms with Crippen LogP contribution in [0.4, 0.5) is 5.13 Å². The molecule has 0 unspecified atom stereocenters. The molecule has 2 N–H and O–H groups in total. The first-order chi connectivity index (χ1) is 14.2. The average Bonchev–Trinajstić information content (AvgIpc) is 3.15.